The van der Waals surface area contributed by atoms with E-state index in [1.165, 1.54) is 6.07 Å². The van der Waals surface area contributed by atoms with Crippen LogP contribution in [0.25, 0.3) is 21.7 Å². The Hall–Kier alpha value is -3.45. The molecule has 0 aliphatic carbocycles. The van der Waals surface area contributed by atoms with Gasteiger partial charge in [0.15, 0.2) is 0 Å². The number of fused-ring (bicyclic) bond motifs is 2. The molecule has 2 aromatic heterocycles. The molecule has 7 heteroatoms. The number of rotatable bonds is 3. The number of aryl methyl sites for hydroxylation is 1. The molecule has 0 spiro atoms. The molecule has 1 saturated heterocycles. The smallest absolute Gasteiger partial charge is 0.272 e. The molecule has 2 N–H and O–H groups in total. The van der Waals surface area contributed by atoms with Crippen molar-refractivity contribution in [3.8, 4) is 0 Å². The van der Waals surface area contributed by atoms with Gasteiger partial charge in [-0.1, -0.05) is 6.07 Å². The number of pyridine rings is 1. The lowest BCUT2D eigenvalue weighted by atomic mass is 10.1. The quantitative estimate of drug-likeness (QED) is 0.525. The molecule has 3 heterocycles. The van der Waals surface area contributed by atoms with Crippen LogP contribution >= 0.6 is 0 Å². The standard InChI is InChI=1S/C24H24FN5O/c1-15-3-4-20(25)18-13-21(28-23(15)18)24(31)27-17-11-16-5-6-26-14-19(16)22(12-17)30-9-7-29(2)8-10-30/h3-6,11-14,28H,7-10H2,1-2H3,(H,27,31). The first-order chi connectivity index (χ1) is 15.0. The summed E-state index contributed by atoms with van der Waals surface area (Å²) in [7, 11) is 2.12. The average molecular weight is 417 g/mol. The fourth-order valence-electron chi connectivity index (χ4n) is 4.21. The fourth-order valence-corrected chi connectivity index (χ4v) is 4.21. The molecular formula is C24H24FN5O. The first kappa shape index (κ1) is 19.5. The van der Waals surface area contributed by atoms with Gasteiger partial charge in [0, 0.05) is 60.7 Å². The Kier molecular flexibility index (Phi) is 4.82. The number of carbonyl (C=O) groups excluding carboxylic acids is 1. The van der Waals surface area contributed by atoms with Crippen LogP contribution in [0.1, 0.15) is 16.1 Å². The summed E-state index contributed by atoms with van der Waals surface area (Å²) < 4.78 is 14.2. The van der Waals surface area contributed by atoms with Crippen molar-refractivity contribution >= 4 is 39.0 Å². The molecule has 2 aromatic carbocycles. The van der Waals surface area contributed by atoms with E-state index in [0.29, 0.717) is 22.3 Å². The minimum absolute atomic E-state index is 0.298. The number of H-pyrrole nitrogens is 1. The molecule has 1 amide bonds. The maximum atomic E-state index is 14.2. The van der Waals surface area contributed by atoms with E-state index in [-0.39, 0.29) is 11.7 Å². The second kappa shape index (κ2) is 7.67. The highest BCUT2D eigenvalue weighted by atomic mass is 19.1. The van der Waals surface area contributed by atoms with Crippen LogP contribution in [-0.2, 0) is 0 Å². The number of likely N-dealkylation sites (N-methyl/N-ethyl adjacent to an activating group) is 1. The molecule has 158 valence electrons. The summed E-state index contributed by atoms with van der Waals surface area (Å²) in [5, 5.41) is 5.49. The lowest BCUT2D eigenvalue weighted by Crippen LogP contribution is -2.44. The molecule has 5 rings (SSSR count). The van der Waals surface area contributed by atoms with Crippen LogP contribution in [0.2, 0.25) is 0 Å². The highest BCUT2D eigenvalue weighted by molar-refractivity contribution is 6.08. The summed E-state index contributed by atoms with van der Waals surface area (Å²) in [6.45, 7) is 5.69. The molecule has 1 aliphatic heterocycles. The zero-order chi connectivity index (χ0) is 21.5. The largest absolute Gasteiger partial charge is 0.368 e. The molecule has 1 fully saturated rings. The Bertz CT molecular complexity index is 1250. The van der Waals surface area contributed by atoms with Crippen LogP contribution in [-0.4, -0.2) is 54.0 Å². The molecular weight excluding hydrogens is 393 g/mol. The number of amides is 1. The molecule has 0 radical (unpaired) electrons. The molecule has 0 saturated carbocycles. The number of nitrogens with zero attached hydrogens (tertiary/aromatic N) is 3. The van der Waals surface area contributed by atoms with E-state index < -0.39 is 0 Å². The molecule has 6 nitrogen and oxygen atoms in total. The average Bonchev–Trinajstić information content (AvgIpc) is 3.24. The van der Waals surface area contributed by atoms with E-state index in [0.717, 1.165) is 48.2 Å². The maximum Gasteiger partial charge on any atom is 0.272 e. The molecule has 0 bridgehead atoms. The Morgan fingerprint density at radius 1 is 1.10 bits per heavy atom. The zero-order valence-corrected chi connectivity index (χ0v) is 17.6. The van der Waals surface area contributed by atoms with Crippen LogP contribution in [0.5, 0.6) is 0 Å². The highest BCUT2D eigenvalue weighted by Gasteiger charge is 2.19. The maximum absolute atomic E-state index is 14.2. The number of hydrogen-bond donors (Lipinski definition) is 2. The van der Waals surface area contributed by atoms with E-state index in [2.05, 4.69) is 32.1 Å². The highest BCUT2D eigenvalue weighted by Crippen LogP contribution is 2.31. The predicted octanol–water partition coefficient (Wildman–Crippen LogP) is 4.17. The second-order valence-corrected chi connectivity index (χ2v) is 8.17. The molecule has 1 aliphatic rings. The normalized spacial score (nSPS) is 15.0. The first-order valence-electron chi connectivity index (χ1n) is 10.4. The summed E-state index contributed by atoms with van der Waals surface area (Å²) in [6.07, 6.45) is 3.63. The number of aromatic amines is 1. The van der Waals surface area contributed by atoms with Crippen molar-refractivity contribution < 1.29 is 9.18 Å². The Morgan fingerprint density at radius 3 is 2.68 bits per heavy atom. The van der Waals surface area contributed by atoms with Crippen LogP contribution in [0.3, 0.4) is 0 Å². The number of nitrogens with one attached hydrogen (secondary N) is 2. The van der Waals surface area contributed by atoms with Gasteiger partial charge in [-0.2, -0.15) is 0 Å². The summed E-state index contributed by atoms with van der Waals surface area (Å²) in [6, 6.07) is 10.6. The number of aromatic nitrogens is 2. The van der Waals surface area contributed by atoms with Crippen LogP contribution in [0.4, 0.5) is 15.8 Å². The van der Waals surface area contributed by atoms with Gasteiger partial charge in [0.2, 0.25) is 0 Å². The Labute approximate surface area is 179 Å². The SMILES string of the molecule is Cc1ccc(F)c2cc(C(=O)Nc3cc(N4CCN(C)CC4)c4cnccc4c3)[nH]c12. The Balaban J connectivity index is 1.50. The molecule has 0 atom stereocenters. The summed E-state index contributed by atoms with van der Waals surface area (Å²) in [4.78, 5) is 25.0. The minimum Gasteiger partial charge on any atom is -0.368 e. The number of hydrogen-bond acceptors (Lipinski definition) is 4. The lowest BCUT2D eigenvalue weighted by Gasteiger charge is -2.34. The van der Waals surface area contributed by atoms with Crippen LogP contribution < -0.4 is 10.2 Å². The molecule has 31 heavy (non-hydrogen) atoms. The fraction of sp³-hybridized carbons (Fsp3) is 0.250. The van der Waals surface area contributed by atoms with E-state index in [1.807, 2.05) is 31.3 Å². The van der Waals surface area contributed by atoms with Gasteiger partial charge in [-0.05, 0) is 55.3 Å². The van der Waals surface area contributed by atoms with Crippen molar-refractivity contribution in [1.82, 2.24) is 14.9 Å². The predicted molar refractivity (Wildman–Crippen MR) is 122 cm³/mol. The van der Waals surface area contributed by atoms with Gasteiger partial charge in [-0.25, -0.2) is 4.39 Å². The zero-order valence-electron chi connectivity index (χ0n) is 17.6. The van der Waals surface area contributed by atoms with Crippen molar-refractivity contribution in [1.29, 1.82) is 0 Å². The third-order valence-corrected chi connectivity index (χ3v) is 6.03. The van der Waals surface area contributed by atoms with Gasteiger partial charge in [0.25, 0.3) is 5.91 Å². The molecule has 0 unspecified atom stereocenters. The van der Waals surface area contributed by atoms with E-state index in [4.69, 9.17) is 0 Å². The van der Waals surface area contributed by atoms with E-state index in [1.54, 1.807) is 18.3 Å². The summed E-state index contributed by atoms with van der Waals surface area (Å²) in [5.74, 6) is -0.640. The first-order valence-corrected chi connectivity index (χ1v) is 10.4. The van der Waals surface area contributed by atoms with Crippen molar-refractivity contribution in [2.24, 2.45) is 0 Å². The number of anilines is 2. The number of piperazine rings is 1. The summed E-state index contributed by atoms with van der Waals surface area (Å²) >= 11 is 0. The van der Waals surface area contributed by atoms with Gasteiger partial charge in [-0.15, -0.1) is 0 Å². The van der Waals surface area contributed by atoms with Crippen molar-refractivity contribution in [3.63, 3.8) is 0 Å². The van der Waals surface area contributed by atoms with Crippen molar-refractivity contribution in [2.45, 2.75) is 6.92 Å². The molecule has 4 aromatic rings. The monoisotopic (exact) mass is 417 g/mol. The van der Waals surface area contributed by atoms with Crippen molar-refractivity contribution in [3.05, 3.63) is 65.9 Å². The van der Waals surface area contributed by atoms with Gasteiger partial charge in [0.05, 0.1) is 5.52 Å². The van der Waals surface area contributed by atoms with E-state index >= 15 is 0 Å². The third-order valence-electron chi connectivity index (χ3n) is 6.03. The van der Waals surface area contributed by atoms with Gasteiger partial charge < -0.3 is 20.1 Å². The topological polar surface area (TPSA) is 64.3 Å². The summed E-state index contributed by atoms with van der Waals surface area (Å²) in [5.41, 5.74) is 3.64. The van der Waals surface area contributed by atoms with Crippen molar-refractivity contribution in [2.75, 3.05) is 43.4 Å². The van der Waals surface area contributed by atoms with Crippen LogP contribution in [0.15, 0.2) is 48.8 Å². The Morgan fingerprint density at radius 2 is 1.90 bits per heavy atom. The second-order valence-electron chi connectivity index (χ2n) is 8.17. The third kappa shape index (κ3) is 3.61. The van der Waals surface area contributed by atoms with E-state index in [9.17, 15) is 9.18 Å². The van der Waals surface area contributed by atoms with Gasteiger partial charge >= 0.3 is 0 Å². The van der Waals surface area contributed by atoms with Gasteiger partial charge in [-0.3, -0.25) is 9.78 Å². The number of benzene rings is 2. The number of carbonyl (C=O) groups is 1. The lowest BCUT2D eigenvalue weighted by molar-refractivity contribution is 0.102. The van der Waals surface area contributed by atoms with Crippen LogP contribution in [0, 0.1) is 12.7 Å². The van der Waals surface area contributed by atoms with Gasteiger partial charge in [0.1, 0.15) is 11.5 Å². The number of halogens is 1. The minimum atomic E-state index is -0.341.